The Kier molecular flexibility index (Phi) is 8.78. The molecule has 0 aliphatic carbocycles. The van der Waals surface area contributed by atoms with Gasteiger partial charge in [0.05, 0.1) is 16.8 Å². The van der Waals surface area contributed by atoms with Crippen LogP contribution >= 0.6 is 11.6 Å². The highest BCUT2D eigenvalue weighted by Crippen LogP contribution is 2.26. The van der Waals surface area contributed by atoms with E-state index in [9.17, 15) is 13.2 Å². The molecule has 0 saturated carbocycles. The summed E-state index contributed by atoms with van der Waals surface area (Å²) in [5.41, 5.74) is 5.26. The van der Waals surface area contributed by atoms with Gasteiger partial charge in [-0.05, 0) is 55.0 Å². The Morgan fingerprint density at radius 2 is 1.66 bits per heavy atom. The molecule has 0 aliphatic heterocycles. The molecule has 0 unspecified atom stereocenters. The van der Waals surface area contributed by atoms with Crippen LogP contribution < -0.4 is 14.5 Å². The maximum Gasteiger partial charge on any atom is 0.264 e. The molecule has 1 amide bonds. The van der Waals surface area contributed by atoms with Crippen molar-refractivity contribution in [2.75, 3.05) is 10.8 Å². The van der Waals surface area contributed by atoms with Crippen LogP contribution in [0.5, 0.6) is 5.75 Å². The van der Waals surface area contributed by atoms with Crippen LogP contribution in [0.2, 0.25) is 5.02 Å². The molecular weight excluding hydrogens is 522 g/mol. The molecule has 0 radical (unpaired) electrons. The van der Waals surface area contributed by atoms with Crippen molar-refractivity contribution >= 4 is 39.4 Å². The van der Waals surface area contributed by atoms with E-state index < -0.39 is 22.5 Å². The van der Waals surface area contributed by atoms with Gasteiger partial charge in [0.1, 0.15) is 18.9 Å². The van der Waals surface area contributed by atoms with Gasteiger partial charge in [-0.2, -0.15) is 5.10 Å². The summed E-state index contributed by atoms with van der Waals surface area (Å²) in [6.07, 6.45) is 1.45. The first-order chi connectivity index (χ1) is 18.3. The number of rotatable bonds is 10. The summed E-state index contributed by atoms with van der Waals surface area (Å²) in [6, 6.07) is 29.7. The lowest BCUT2D eigenvalue weighted by Gasteiger charge is -2.24. The van der Waals surface area contributed by atoms with Crippen molar-refractivity contribution in [3.63, 3.8) is 0 Å². The van der Waals surface area contributed by atoms with Gasteiger partial charge in [-0.25, -0.2) is 13.8 Å². The van der Waals surface area contributed by atoms with E-state index in [4.69, 9.17) is 16.3 Å². The molecule has 9 heteroatoms. The van der Waals surface area contributed by atoms with Crippen LogP contribution in [0.15, 0.2) is 113 Å². The molecule has 4 aromatic carbocycles. The zero-order valence-electron chi connectivity index (χ0n) is 20.6. The molecule has 7 nitrogen and oxygen atoms in total. The van der Waals surface area contributed by atoms with Gasteiger partial charge in [-0.1, -0.05) is 77.8 Å². The minimum Gasteiger partial charge on any atom is -0.488 e. The second kappa shape index (κ2) is 12.4. The highest BCUT2D eigenvalue weighted by molar-refractivity contribution is 7.92. The van der Waals surface area contributed by atoms with Gasteiger partial charge < -0.3 is 4.74 Å². The number of halogens is 1. The molecule has 0 bridgehead atoms. The van der Waals surface area contributed by atoms with E-state index in [0.717, 1.165) is 15.4 Å². The Hall–Kier alpha value is -4.14. The number of hydrogen-bond donors (Lipinski definition) is 1. The summed E-state index contributed by atoms with van der Waals surface area (Å²) >= 11 is 6.12. The SMILES string of the molecule is Cc1ccc(S(=O)(=O)N(CC(=O)N/N=C\c2ccccc2OCc2ccccc2)c2cccc(Cl)c2)cc1. The van der Waals surface area contributed by atoms with Crippen LogP contribution in [0, 0.1) is 6.92 Å². The third-order valence-electron chi connectivity index (χ3n) is 5.54. The van der Waals surface area contributed by atoms with E-state index in [0.29, 0.717) is 22.9 Å². The fraction of sp³-hybridized carbons (Fsp3) is 0.103. The summed E-state index contributed by atoms with van der Waals surface area (Å²) in [5, 5.41) is 4.38. The Labute approximate surface area is 227 Å². The molecule has 0 saturated heterocycles. The molecule has 0 atom stereocenters. The molecule has 0 heterocycles. The van der Waals surface area contributed by atoms with Gasteiger partial charge in [0.25, 0.3) is 15.9 Å². The maximum atomic E-state index is 13.5. The summed E-state index contributed by atoms with van der Waals surface area (Å²) < 4.78 is 33.9. The number of amides is 1. The van der Waals surface area contributed by atoms with Gasteiger partial charge >= 0.3 is 0 Å². The Morgan fingerprint density at radius 1 is 0.947 bits per heavy atom. The minimum atomic E-state index is -4.06. The fourth-order valence-corrected chi connectivity index (χ4v) is 5.17. The van der Waals surface area contributed by atoms with Crippen molar-refractivity contribution in [1.29, 1.82) is 0 Å². The van der Waals surface area contributed by atoms with Crippen LogP contribution in [-0.2, 0) is 21.4 Å². The van der Waals surface area contributed by atoms with Crippen LogP contribution in [-0.4, -0.2) is 27.1 Å². The van der Waals surface area contributed by atoms with Crippen molar-refractivity contribution in [3.8, 4) is 5.75 Å². The minimum absolute atomic E-state index is 0.0591. The number of carbonyl (C=O) groups excluding carboxylic acids is 1. The number of benzene rings is 4. The topological polar surface area (TPSA) is 88.1 Å². The first-order valence-electron chi connectivity index (χ1n) is 11.8. The first kappa shape index (κ1) is 26.9. The molecule has 1 N–H and O–H groups in total. The number of nitrogens with one attached hydrogen (secondary N) is 1. The Morgan fingerprint density at radius 3 is 2.39 bits per heavy atom. The average Bonchev–Trinajstić information content (AvgIpc) is 2.92. The number of hydrogen-bond acceptors (Lipinski definition) is 5. The first-order valence-corrected chi connectivity index (χ1v) is 13.6. The lowest BCUT2D eigenvalue weighted by Crippen LogP contribution is -2.39. The number of ether oxygens (including phenoxy) is 1. The van der Waals surface area contributed by atoms with Crippen LogP contribution in [0.1, 0.15) is 16.7 Å². The number of aryl methyl sites for hydroxylation is 1. The third-order valence-corrected chi connectivity index (χ3v) is 7.56. The van der Waals surface area contributed by atoms with Gasteiger partial charge in [-0.15, -0.1) is 0 Å². The Bertz CT molecular complexity index is 1530. The molecule has 0 fully saturated rings. The maximum absolute atomic E-state index is 13.5. The second-order valence-corrected chi connectivity index (χ2v) is 10.7. The standard InChI is InChI=1S/C29H26ClN3O4S/c1-22-14-16-27(17-15-22)38(35,36)33(26-12-7-11-25(30)18-26)20-29(34)32-31-19-24-10-5-6-13-28(24)37-21-23-8-3-2-4-9-23/h2-19H,20-21H2,1H3,(H,32,34)/b31-19-. The van der Waals surface area contributed by atoms with E-state index >= 15 is 0 Å². The number of anilines is 1. The van der Waals surface area contributed by atoms with Crippen molar-refractivity contribution in [3.05, 3.63) is 125 Å². The van der Waals surface area contributed by atoms with Crippen molar-refractivity contribution in [2.24, 2.45) is 5.10 Å². The molecule has 0 spiro atoms. The summed E-state index contributed by atoms with van der Waals surface area (Å²) in [6.45, 7) is 1.74. The largest absolute Gasteiger partial charge is 0.488 e. The quantitative estimate of drug-likeness (QED) is 0.207. The molecule has 38 heavy (non-hydrogen) atoms. The number of sulfonamides is 1. The fourth-order valence-electron chi connectivity index (χ4n) is 3.58. The van der Waals surface area contributed by atoms with Gasteiger partial charge in [-0.3, -0.25) is 9.10 Å². The smallest absolute Gasteiger partial charge is 0.264 e. The number of para-hydroxylation sites is 1. The van der Waals surface area contributed by atoms with Crippen molar-refractivity contribution < 1.29 is 17.9 Å². The molecule has 0 aromatic heterocycles. The van der Waals surface area contributed by atoms with Gasteiger partial charge in [0.2, 0.25) is 0 Å². The average molecular weight is 548 g/mol. The predicted octanol–water partition coefficient (Wildman–Crippen LogP) is 5.57. The van der Waals surface area contributed by atoms with Gasteiger partial charge in [0.15, 0.2) is 0 Å². The molecule has 4 aromatic rings. The molecule has 4 rings (SSSR count). The zero-order chi connectivity index (χ0) is 27.0. The molecule has 0 aliphatic rings. The summed E-state index contributed by atoms with van der Waals surface area (Å²) in [5.74, 6) is -0.0311. The summed E-state index contributed by atoms with van der Waals surface area (Å²) in [4.78, 5) is 12.9. The van der Waals surface area contributed by atoms with Gasteiger partial charge in [0, 0.05) is 10.6 Å². The van der Waals surface area contributed by atoms with E-state index in [2.05, 4.69) is 10.5 Å². The molecule has 194 valence electrons. The highest BCUT2D eigenvalue weighted by atomic mass is 35.5. The van der Waals surface area contributed by atoms with Crippen molar-refractivity contribution in [1.82, 2.24) is 5.43 Å². The Balaban J connectivity index is 1.49. The van der Waals surface area contributed by atoms with E-state index in [1.807, 2.05) is 49.4 Å². The second-order valence-electron chi connectivity index (χ2n) is 8.41. The predicted molar refractivity (Wildman–Crippen MR) is 150 cm³/mol. The van der Waals surface area contributed by atoms with E-state index in [1.54, 1.807) is 42.5 Å². The monoisotopic (exact) mass is 547 g/mol. The normalized spacial score (nSPS) is 11.3. The van der Waals surface area contributed by atoms with Crippen LogP contribution in [0.4, 0.5) is 5.69 Å². The highest BCUT2D eigenvalue weighted by Gasteiger charge is 2.27. The number of nitrogens with zero attached hydrogens (tertiary/aromatic N) is 2. The van der Waals surface area contributed by atoms with Crippen LogP contribution in [0.3, 0.4) is 0 Å². The molecular formula is C29H26ClN3O4S. The van der Waals surface area contributed by atoms with E-state index in [-0.39, 0.29) is 10.6 Å². The van der Waals surface area contributed by atoms with E-state index in [1.165, 1.54) is 24.4 Å². The third kappa shape index (κ3) is 7.00. The van der Waals surface area contributed by atoms with Crippen molar-refractivity contribution in [2.45, 2.75) is 18.4 Å². The lowest BCUT2D eigenvalue weighted by molar-refractivity contribution is -0.119. The summed E-state index contributed by atoms with van der Waals surface area (Å²) in [7, 11) is -4.06. The number of hydrazone groups is 1. The zero-order valence-corrected chi connectivity index (χ0v) is 22.2. The number of carbonyl (C=O) groups is 1. The van der Waals surface area contributed by atoms with Crippen LogP contribution in [0.25, 0.3) is 0 Å². The lowest BCUT2D eigenvalue weighted by atomic mass is 10.2.